The topological polar surface area (TPSA) is 48.8 Å². The van der Waals surface area contributed by atoms with E-state index in [1.165, 1.54) is 0 Å². The van der Waals surface area contributed by atoms with E-state index in [0.717, 1.165) is 6.07 Å². The molecule has 0 aliphatic rings. The van der Waals surface area contributed by atoms with Crippen LogP contribution in [0.5, 0.6) is 0 Å². The molecule has 0 saturated heterocycles. The predicted molar refractivity (Wildman–Crippen MR) is 52.3 cm³/mol. The maximum Gasteiger partial charge on any atom is 0.419 e. The van der Waals surface area contributed by atoms with Gasteiger partial charge in [-0.05, 0) is 23.7 Å². The van der Waals surface area contributed by atoms with Crippen LogP contribution in [-0.4, -0.2) is 6.54 Å². The number of hydrogen-bond acceptors (Lipinski definition) is 1. The molecule has 17 heavy (non-hydrogen) atoms. The van der Waals surface area contributed by atoms with Gasteiger partial charge in [-0.15, -0.1) is 0 Å². The first-order valence-electron chi connectivity index (χ1n) is 4.31. The van der Waals surface area contributed by atoms with Crippen LogP contribution in [0.2, 0.25) is 0 Å². The summed E-state index contributed by atoms with van der Waals surface area (Å²) in [7, 11) is 0. The summed E-state index contributed by atoms with van der Waals surface area (Å²) < 4.78 is 49.8. The lowest BCUT2D eigenvalue weighted by Crippen LogP contribution is -2.08. The minimum Gasteiger partial charge on any atom is -0.206 e. The predicted octanol–water partition coefficient (Wildman–Crippen LogP) is 3.51. The van der Waals surface area contributed by atoms with E-state index in [2.05, 4.69) is 21.9 Å². The second-order valence-corrected chi connectivity index (χ2v) is 2.88. The van der Waals surface area contributed by atoms with Crippen molar-refractivity contribution in [2.24, 2.45) is 5.11 Å². The molecule has 3 nitrogen and oxygen atoms in total. The van der Waals surface area contributed by atoms with Crippen molar-refractivity contribution in [2.45, 2.75) is 6.18 Å². The van der Waals surface area contributed by atoms with Crippen molar-refractivity contribution < 1.29 is 17.6 Å². The monoisotopic (exact) mass is 243 g/mol. The Bertz CT molecular complexity index is 519. The van der Waals surface area contributed by atoms with Crippen LogP contribution in [0.1, 0.15) is 11.1 Å². The normalized spacial score (nSPS) is 10.1. The number of rotatable bonds is 1. The summed E-state index contributed by atoms with van der Waals surface area (Å²) in [5.74, 6) is 3.33. The Morgan fingerprint density at radius 2 is 2.06 bits per heavy atom. The highest BCUT2D eigenvalue weighted by Crippen LogP contribution is 2.31. The number of benzene rings is 1. The van der Waals surface area contributed by atoms with E-state index in [9.17, 15) is 17.6 Å². The zero-order valence-electron chi connectivity index (χ0n) is 8.29. The minimum atomic E-state index is -4.76. The Morgan fingerprint density at radius 1 is 1.35 bits per heavy atom. The van der Waals surface area contributed by atoms with Crippen molar-refractivity contribution in [2.75, 3.05) is 6.54 Å². The van der Waals surface area contributed by atoms with Crippen LogP contribution in [0.3, 0.4) is 0 Å². The number of hydrogen-bond donors (Lipinski definition) is 0. The Kier molecular flexibility index (Phi) is 3.96. The lowest BCUT2D eigenvalue weighted by atomic mass is 10.1. The zero-order valence-corrected chi connectivity index (χ0v) is 8.29. The fourth-order valence-electron chi connectivity index (χ4n) is 1.03. The van der Waals surface area contributed by atoms with Gasteiger partial charge in [-0.3, -0.25) is 0 Å². The molecule has 1 aromatic carbocycles. The van der Waals surface area contributed by atoms with Gasteiger partial charge >= 0.3 is 6.18 Å². The summed E-state index contributed by atoms with van der Waals surface area (Å²) in [5, 5.41) is 3.09. The average molecular weight is 243 g/mol. The Morgan fingerprint density at radius 3 is 2.65 bits per heavy atom. The molecule has 0 atom stereocenters. The molecule has 1 rings (SSSR count). The number of nitrogens with zero attached hydrogens (tertiary/aromatic N) is 3. The summed E-state index contributed by atoms with van der Waals surface area (Å²) in [6.45, 7) is -0.158. The molecular formula is C10H5F4N3. The van der Waals surface area contributed by atoms with Crippen molar-refractivity contribution in [3.8, 4) is 11.8 Å². The molecule has 88 valence electrons. The molecule has 0 aliphatic heterocycles. The lowest BCUT2D eigenvalue weighted by Gasteiger charge is -2.07. The molecule has 1 aromatic rings. The smallest absolute Gasteiger partial charge is 0.206 e. The molecule has 0 spiro atoms. The number of alkyl halides is 3. The van der Waals surface area contributed by atoms with E-state index < -0.39 is 17.6 Å². The molecule has 7 heteroatoms. The fraction of sp³-hybridized carbons (Fsp3) is 0.200. The van der Waals surface area contributed by atoms with Crippen LogP contribution in [0.4, 0.5) is 17.6 Å². The third kappa shape index (κ3) is 3.70. The second-order valence-electron chi connectivity index (χ2n) is 2.88. The van der Waals surface area contributed by atoms with Crippen molar-refractivity contribution >= 4 is 0 Å². The van der Waals surface area contributed by atoms with Crippen LogP contribution in [0.25, 0.3) is 10.4 Å². The molecule has 0 N–H and O–H groups in total. The van der Waals surface area contributed by atoms with E-state index in [0.29, 0.717) is 12.1 Å². The van der Waals surface area contributed by atoms with Crippen molar-refractivity contribution in [3.05, 3.63) is 45.6 Å². The Labute approximate surface area is 93.7 Å². The standard InChI is InChI=1S/C10H5F4N3/c11-9-4-3-7(2-1-5-16-17-15)6-8(9)10(12,13)14/h3-4,6H,5H2. The highest BCUT2D eigenvalue weighted by atomic mass is 19.4. The molecule has 0 amide bonds. The van der Waals surface area contributed by atoms with Crippen molar-refractivity contribution in [1.29, 1.82) is 0 Å². The van der Waals surface area contributed by atoms with Gasteiger partial charge in [0.1, 0.15) is 5.82 Å². The van der Waals surface area contributed by atoms with Crippen LogP contribution in [-0.2, 0) is 6.18 Å². The van der Waals surface area contributed by atoms with Crippen molar-refractivity contribution in [3.63, 3.8) is 0 Å². The molecule has 0 aromatic heterocycles. The van der Waals surface area contributed by atoms with Crippen LogP contribution >= 0.6 is 0 Å². The van der Waals surface area contributed by atoms with Gasteiger partial charge in [0.05, 0.1) is 12.1 Å². The molecule has 0 aliphatic carbocycles. The molecular weight excluding hydrogens is 238 g/mol. The summed E-state index contributed by atoms with van der Waals surface area (Å²) in [5.41, 5.74) is 6.58. The van der Waals surface area contributed by atoms with Gasteiger partial charge < -0.3 is 0 Å². The van der Waals surface area contributed by atoms with E-state index in [1.54, 1.807) is 0 Å². The maximum atomic E-state index is 12.9. The average Bonchev–Trinajstić information content (AvgIpc) is 2.25. The van der Waals surface area contributed by atoms with Crippen LogP contribution in [0.15, 0.2) is 23.3 Å². The molecule has 0 fully saturated rings. The van der Waals surface area contributed by atoms with Crippen LogP contribution < -0.4 is 0 Å². The molecule has 0 heterocycles. The summed E-state index contributed by atoms with van der Waals surface area (Å²) in [4.78, 5) is 2.42. The van der Waals surface area contributed by atoms with Crippen LogP contribution in [0, 0.1) is 17.7 Å². The third-order valence-corrected chi connectivity index (χ3v) is 1.72. The first kappa shape index (κ1) is 12.9. The Hall–Kier alpha value is -2.19. The van der Waals surface area contributed by atoms with E-state index in [4.69, 9.17) is 5.53 Å². The number of halogens is 4. The summed E-state index contributed by atoms with van der Waals surface area (Å²) in [6.07, 6.45) is -4.76. The second kappa shape index (κ2) is 5.23. The van der Waals surface area contributed by atoms with Gasteiger partial charge in [-0.25, -0.2) is 4.39 Å². The maximum absolute atomic E-state index is 12.9. The fourth-order valence-corrected chi connectivity index (χ4v) is 1.03. The Balaban J connectivity index is 3.03. The van der Waals surface area contributed by atoms with E-state index in [-0.39, 0.29) is 12.1 Å². The number of azide groups is 1. The SMILES string of the molecule is [N-]=[N+]=NCC#Cc1ccc(F)c(C(F)(F)F)c1. The van der Waals surface area contributed by atoms with Gasteiger partial charge in [-0.2, -0.15) is 13.2 Å². The van der Waals surface area contributed by atoms with E-state index >= 15 is 0 Å². The summed E-state index contributed by atoms with van der Waals surface area (Å²) >= 11 is 0. The summed E-state index contributed by atoms with van der Waals surface area (Å²) in [6, 6.07) is 2.42. The molecule has 0 radical (unpaired) electrons. The van der Waals surface area contributed by atoms with Gasteiger partial charge in [0, 0.05) is 10.5 Å². The van der Waals surface area contributed by atoms with E-state index in [1.807, 2.05) is 0 Å². The zero-order chi connectivity index (χ0) is 12.9. The first-order chi connectivity index (χ1) is 7.95. The largest absolute Gasteiger partial charge is 0.419 e. The molecule has 0 saturated carbocycles. The lowest BCUT2D eigenvalue weighted by molar-refractivity contribution is -0.140. The van der Waals surface area contributed by atoms with Gasteiger partial charge in [0.25, 0.3) is 0 Å². The first-order valence-corrected chi connectivity index (χ1v) is 4.31. The highest BCUT2D eigenvalue weighted by Gasteiger charge is 2.34. The third-order valence-electron chi connectivity index (χ3n) is 1.72. The van der Waals surface area contributed by atoms with Gasteiger partial charge in [0.15, 0.2) is 0 Å². The van der Waals surface area contributed by atoms with Gasteiger partial charge in [0.2, 0.25) is 0 Å². The molecule has 0 bridgehead atoms. The quantitative estimate of drug-likeness (QED) is 0.238. The highest BCUT2D eigenvalue weighted by molar-refractivity contribution is 5.39. The van der Waals surface area contributed by atoms with Crippen molar-refractivity contribution in [1.82, 2.24) is 0 Å². The minimum absolute atomic E-state index is 0.00636. The van der Waals surface area contributed by atoms with Gasteiger partial charge in [-0.1, -0.05) is 17.0 Å². The molecule has 0 unspecified atom stereocenters.